The average Bonchev–Trinajstić information content (AvgIpc) is 2.59. The monoisotopic (exact) mass is 390 g/mol. The van der Waals surface area contributed by atoms with Crippen LogP contribution in [0.3, 0.4) is 0 Å². The van der Waals surface area contributed by atoms with Crippen LogP contribution >= 0.6 is 0 Å². The van der Waals surface area contributed by atoms with Gasteiger partial charge in [-0.3, -0.25) is 9.10 Å². The molecule has 0 aliphatic heterocycles. The summed E-state index contributed by atoms with van der Waals surface area (Å²) in [7, 11) is -3.51. The molecule has 0 radical (unpaired) electrons. The number of benzene rings is 2. The Balaban J connectivity index is 2.14. The Morgan fingerprint density at radius 2 is 1.81 bits per heavy atom. The maximum absolute atomic E-state index is 12.4. The van der Waals surface area contributed by atoms with E-state index in [4.69, 9.17) is 4.74 Å². The molecule has 0 bridgehead atoms. The summed E-state index contributed by atoms with van der Waals surface area (Å²) in [5, 5.41) is 2.79. The van der Waals surface area contributed by atoms with Gasteiger partial charge in [-0.05, 0) is 50.1 Å². The van der Waals surface area contributed by atoms with Gasteiger partial charge in [0, 0.05) is 13.0 Å². The van der Waals surface area contributed by atoms with E-state index in [1.165, 1.54) is 4.31 Å². The van der Waals surface area contributed by atoms with Crippen molar-refractivity contribution in [2.45, 2.75) is 27.2 Å². The molecule has 0 atom stereocenters. The minimum Gasteiger partial charge on any atom is -0.492 e. The van der Waals surface area contributed by atoms with E-state index in [0.717, 1.165) is 17.4 Å². The van der Waals surface area contributed by atoms with Crippen molar-refractivity contribution in [3.05, 3.63) is 53.6 Å². The van der Waals surface area contributed by atoms with E-state index in [2.05, 4.69) is 5.32 Å². The minimum atomic E-state index is -3.51. The number of sulfonamides is 1. The minimum absolute atomic E-state index is 0.0287. The number of anilines is 2. The molecule has 2 aromatic rings. The lowest BCUT2D eigenvalue weighted by molar-refractivity contribution is -0.116. The van der Waals surface area contributed by atoms with E-state index in [1.54, 1.807) is 24.3 Å². The molecule has 146 valence electrons. The van der Waals surface area contributed by atoms with Crippen LogP contribution in [0.1, 0.15) is 24.5 Å². The second-order valence-corrected chi connectivity index (χ2v) is 8.19. The van der Waals surface area contributed by atoms with Gasteiger partial charge in [0.05, 0.1) is 24.2 Å². The number of nitrogens with one attached hydrogen (secondary N) is 1. The second-order valence-electron chi connectivity index (χ2n) is 6.28. The Morgan fingerprint density at radius 1 is 1.11 bits per heavy atom. The third-order valence-corrected chi connectivity index (χ3v) is 5.43. The van der Waals surface area contributed by atoms with Crippen molar-refractivity contribution < 1.29 is 17.9 Å². The molecular formula is C20H26N2O4S. The van der Waals surface area contributed by atoms with Crippen LogP contribution in [-0.2, 0) is 14.8 Å². The first-order valence-electron chi connectivity index (χ1n) is 8.79. The molecule has 0 unspecified atom stereocenters. The third-order valence-electron chi connectivity index (χ3n) is 4.25. The number of aryl methyl sites for hydroxylation is 1. The van der Waals surface area contributed by atoms with Crippen LogP contribution in [0.15, 0.2) is 42.5 Å². The lowest BCUT2D eigenvalue weighted by Crippen LogP contribution is -2.33. The highest BCUT2D eigenvalue weighted by atomic mass is 32.2. The number of ether oxygens (including phenoxy) is 1. The smallest absolute Gasteiger partial charge is 0.232 e. The summed E-state index contributed by atoms with van der Waals surface area (Å²) in [5.74, 6) is 0.309. The van der Waals surface area contributed by atoms with Gasteiger partial charge >= 0.3 is 0 Å². The predicted molar refractivity (Wildman–Crippen MR) is 109 cm³/mol. The normalized spacial score (nSPS) is 11.1. The fourth-order valence-corrected chi connectivity index (χ4v) is 3.72. The van der Waals surface area contributed by atoms with E-state index in [1.807, 2.05) is 39.0 Å². The lowest BCUT2D eigenvalue weighted by Gasteiger charge is -2.24. The van der Waals surface area contributed by atoms with Crippen LogP contribution in [0.4, 0.5) is 11.4 Å². The SMILES string of the molecule is CCOc1ccccc1NC(=O)CCN(c1cccc(C)c1C)S(C)(=O)=O. The van der Waals surface area contributed by atoms with Gasteiger partial charge in [-0.2, -0.15) is 0 Å². The first-order valence-corrected chi connectivity index (χ1v) is 10.6. The van der Waals surface area contributed by atoms with E-state index >= 15 is 0 Å². The molecule has 2 rings (SSSR count). The molecule has 0 spiro atoms. The van der Waals surface area contributed by atoms with Crippen molar-refractivity contribution in [3.63, 3.8) is 0 Å². The molecule has 0 heterocycles. The standard InChI is InChI=1S/C20H26N2O4S/c1-5-26-19-12-7-6-10-17(19)21-20(23)13-14-22(27(4,24)25)18-11-8-9-15(2)16(18)3/h6-12H,5,13-14H2,1-4H3,(H,21,23). The quantitative estimate of drug-likeness (QED) is 0.749. The molecule has 1 N–H and O–H groups in total. The Morgan fingerprint density at radius 3 is 2.48 bits per heavy atom. The van der Waals surface area contributed by atoms with Crippen LogP contribution in [0.5, 0.6) is 5.75 Å². The van der Waals surface area contributed by atoms with Gasteiger partial charge in [0.15, 0.2) is 0 Å². The van der Waals surface area contributed by atoms with E-state index in [0.29, 0.717) is 23.7 Å². The highest BCUT2D eigenvalue weighted by molar-refractivity contribution is 7.92. The Kier molecular flexibility index (Phi) is 6.85. The highest BCUT2D eigenvalue weighted by Crippen LogP contribution is 2.26. The van der Waals surface area contributed by atoms with Crippen molar-refractivity contribution >= 4 is 27.3 Å². The van der Waals surface area contributed by atoms with Crippen LogP contribution in [-0.4, -0.2) is 33.7 Å². The Labute approximate surface area is 161 Å². The number of amides is 1. The number of para-hydroxylation sites is 2. The Bertz CT molecular complexity index is 910. The summed E-state index contributed by atoms with van der Waals surface area (Å²) in [6, 6.07) is 12.7. The van der Waals surface area contributed by atoms with Gasteiger partial charge in [-0.1, -0.05) is 24.3 Å². The van der Waals surface area contributed by atoms with Crippen molar-refractivity contribution in [1.29, 1.82) is 0 Å². The number of rotatable bonds is 8. The first kappa shape index (κ1) is 20.8. The number of carbonyl (C=O) groups excluding carboxylic acids is 1. The average molecular weight is 391 g/mol. The second kappa shape index (κ2) is 8.90. The summed E-state index contributed by atoms with van der Waals surface area (Å²) >= 11 is 0. The van der Waals surface area contributed by atoms with Gasteiger partial charge in [0.2, 0.25) is 15.9 Å². The van der Waals surface area contributed by atoms with Crippen LogP contribution < -0.4 is 14.4 Å². The van der Waals surface area contributed by atoms with Crippen molar-refractivity contribution in [2.75, 3.05) is 29.0 Å². The number of nitrogens with zero attached hydrogens (tertiary/aromatic N) is 1. The maximum atomic E-state index is 12.4. The summed E-state index contributed by atoms with van der Waals surface area (Å²) in [6.07, 6.45) is 1.18. The van der Waals surface area contributed by atoms with Crippen LogP contribution in [0.2, 0.25) is 0 Å². The van der Waals surface area contributed by atoms with Crippen molar-refractivity contribution in [1.82, 2.24) is 0 Å². The molecule has 6 nitrogen and oxygen atoms in total. The zero-order chi connectivity index (χ0) is 20.0. The molecule has 27 heavy (non-hydrogen) atoms. The maximum Gasteiger partial charge on any atom is 0.232 e. The number of hydrogen-bond donors (Lipinski definition) is 1. The topological polar surface area (TPSA) is 75.7 Å². The largest absolute Gasteiger partial charge is 0.492 e. The zero-order valence-corrected chi connectivity index (χ0v) is 17.0. The highest BCUT2D eigenvalue weighted by Gasteiger charge is 2.21. The molecule has 2 aromatic carbocycles. The van der Waals surface area contributed by atoms with Crippen LogP contribution in [0, 0.1) is 13.8 Å². The summed E-state index contributed by atoms with van der Waals surface area (Å²) in [4.78, 5) is 12.4. The molecule has 0 aliphatic carbocycles. The van der Waals surface area contributed by atoms with E-state index in [9.17, 15) is 13.2 Å². The van der Waals surface area contributed by atoms with Crippen molar-refractivity contribution in [3.8, 4) is 5.75 Å². The van der Waals surface area contributed by atoms with Crippen LogP contribution in [0.25, 0.3) is 0 Å². The van der Waals surface area contributed by atoms with Gasteiger partial charge in [-0.15, -0.1) is 0 Å². The molecule has 0 aromatic heterocycles. The summed E-state index contributed by atoms with van der Waals surface area (Å²) in [5.41, 5.74) is 3.04. The molecule has 7 heteroatoms. The molecule has 0 saturated heterocycles. The van der Waals surface area contributed by atoms with Gasteiger partial charge < -0.3 is 10.1 Å². The number of carbonyl (C=O) groups is 1. The van der Waals surface area contributed by atoms with E-state index < -0.39 is 10.0 Å². The Hall–Kier alpha value is -2.54. The van der Waals surface area contributed by atoms with Gasteiger partial charge in [0.1, 0.15) is 5.75 Å². The molecule has 0 saturated carbocycles. The van der Waals surface area contributed by atoms with Gasteiger partial charge in [0.25, 0.3) is 0 Å². The first-order chi connectivity index (χ1) is 12.7. The fraction of sp³-hybridized carbons (Fsp3) is 0.350. The molecular weight excluding hydrogens is 364 g/mol. The molecule has 0 fully saturated rings. The predicted octanol–water partition coefficient (Wildman–Crippen LogP) is 3.50. The summed E-state index contributed by atoms with van der Waals surface area (Å²) < 4.78 is 31.3. The molecule has 0 aliphatic rings. The summed E-state index contributed by atoms with van der Waals surface area (Å²) in [6.45, 7) is 6.22. The van der Waals surface area contributed by atoms with Crippen molar-refractivity contribution in [2.24, 2.45) is 0 Å². The third kappa shape index (κ3) is 5.47. The zero-order valence-electron chi connectivity index (χ0n) is 16.2. The molecule has 1 amide bonds. The van der Waals surface area contributed by atoms with Gasteiger partial charge in [-0.25, -0.2) is 8.42 Å². The number of hydrogen-bond acceptors (Lipinski definition) is 4. The van der Waals surface area contributed by atoms with E-state index in [-0.39, 0.29) is 18.9 Å². The fourth-order valence-electron chi connectivity index (χ4n) is 2.74. The lowest BCUT2D eigenvalue weighted by atomic mass is 10.1.